The summed E-state index contributed by atoms with van der Waals surface area (Å²) < 4.78 is 13.6. The summed E-state index contributed by atoms with van der Waals surface area (Å²) in [5, 5.41) is 13.2. The molecular weight excluding hydrogens is 297 g/mol. The zero-order valence-corrected chi connectivity index (χ0v) is 11.8. The first-order chi connectivity index (χ1) is 9.88. The van der Waals surface area contributed by atoms with Crippen LogP contribution in [0.4, 0.5) is 10.1 Å². The fourth-order valence-corrected chi connectivity index (χ4v) is 2.44. The molecule has 1 atom stereocenters. The summed E-state index contributed by atoms with van der Waals surface area (Å²) in [4.78, 5) is 26.6. The topological polar surface area (TPSA) is 105 Å². The highest BCUT2D eigenvalue weighted by Gasteiger charge is 2.18. The lowest BCUT2D eigenvalue weighted by Gasteiger charge is -2.11. The number of halogens is 1. The summed E-state index contributed by atoms with van der Waals surface area (Å²) in [6.45, 7) is 1.64. The molecule has 1 aromatic heterocycles. The predicted octanol–water partition coefficient (Wildman–Crippen LogP) is 2.05. The maximum atomic E-state index is 13.6. The van der Waals surface area contributed by atoms with Crippen molar-refractivity contribution >= 4 is 28.9 Å². The van der Waals surface area contributed by atoms with Crippen LogP contribution in [0.25, 0.3) is 0 Å². The molecule has 0 saturated carbocycles. The van der Waals surface area contributed by atoms with Gasteiger partial charge in [0, 0.05) is 11.1 Å². The minimum atomic E-state index is -1.14. The van der Waals surface area contributed by atoms with E-state index in [-0.39, 0.29) is 16.9 Å². The number of nitrogens with two attached hydrogens (primary N) is 1. The minimum absolute atomic E-state index is 0.0882. The van der Waals surface area contributed by atoms with Crippen molar-refractivity contribution in [3.05, 3.63) is 45.7 Å². The number of carbonyl (C=O) groups excluding carboxylic acids is 1. The summed E-state index contributed by atoms with van der Waals surface area (Å²) >= 11 is 1.11. The molecule has 4 N–H and O–H groups in total. The molecule has 6 nitrogen and oxygen atoms in total. The Morgan fingerprint density at radius 1 is 1.48 bits per heavy atom. The number of aromatic nitrogens is 1. The van der Waals surface area contributed by atoms with Crippen LogP contribution in [-0.2, 0) is 0 Å². The Labute approximate surface area is 123 Å². The molecule has 2 aromatic rings. The average Bonchev–Trinajstić information content (AvgIpc) is 2.88. The number of hydrogen-bond acceptors (Lipinski definition) is 5. The van der Waals surface area contributed by atoms with E-state index in [0.717, 1.165) is 17.4 Å². The number of carbonyl (C=O) groups is 2. The molecule has 0 radical (unpaired) electrons. The van der Waals surface area contributed by atoms with Crippen LogP contribution in [0.15, 0.2) is 23.6 Å². The van der Waals surface area contributed by atoms with Crippen LogP contribution in [0.3, 0.4) is 0 Å². The van der Waals surface area contributed by atoms with Crippen molar-refractivity contribution in [2.45, 2.75) is 13.0 Å². The van der Waals surface area contributed by atoms with E-state index in [1.165, 1.54) is 17.5 Å². The molecule has 1 amide bonds. The number of nitrogens with one attached hydrogen (secondary N) is 1. The third kappa shape index (κ3) is 3.34. The lowest BCUT2D eigenvalue weighted by molar-refractivity contribution is 0.0691. The highest BCUT2D eigenvalue weighted by atomic mass is 32.1. The van der Waals surface area contributed by atoms with E-state index in [1.54, 1.807) is 6.92 Å². The third-order valence-electron chi connectivity index (χ3n) is 2.70. The van der Waals surface area contributed by atoms with Gasteiger partial charge < -0.3 is 16.2 Å². The molecule has 0 fully saturated rings. The van der Waals surface area contributed by atoms with Gasteiger partial charge in [0.25, 0.3) is 5.91 Å². The minimum Gasteiger partial charge on any atom is -0.476 e. The first-order valence-corrected chi connectivity index (χ1v) is 6.81. The summed E-state index contributed by atoms with van der Waals surface area (Å²) in [6, 6.07) is 3.24. The molecule has 1 heterocycles. The summed E-state index contributed by atoms with van der Waals surface area (Å²) in [5.41, 5.74) is 5.42. The molecule has 8 heteroatoms. The Morgan fingerprint density at radius 3 is 2.76 bits per heavy atom. The van der Waals surface area contributed by atoms with Crippen LogP contribution in [-0.4, -0.2) is 22.0 Å². The number of aromatic carboxylic acids is 1. The zero-order valence-electron chi connectivity index (χ0n) is 11.0. The standard InChI is InChI=1S/C13H12FN3O3S/c1-6(12-17-10(5-21-12)13(19)20)16-11(18)8-3-2-7(15)4-9(8)14/h2-6H,15H2,1H3,(H,16,18)(H,19,20). The number of carboxylic acids is 1. The summed E-state index contributed by atoms with van der Waals surface area (Å²) in [7, 11) is 0. The molecule has 2 rings (SSSR count). The number of hydrogen-bond donors (Lipinski definition) is 3. The Balaban J connectivity index is 2.12. The second-order valence-corrected chi connectivity index (χ2v) is 5.20. The van der Waals surface area contributed by atoms with Crippen LogP contribution in [0, 0.1) is 5.82 Å². The van der Waals surface area contributed by atoms with Gasteiger partial charge in [-0.3, -0.25) is 4.79 Å². The molecule has 0 bridgehead atoms. The van der Waals surface area contributed by atoms with E-state index in [2.05, 4.69) is 10.3 Å². The molecule has 0 aliphatic rings. The number of carboxylic acid groups (broad SMARTS) is 1. The Bertz CT molecular complexity index is 702. The molecule has 1 unspecified atom stereocenters. The number of nitrogens with zero attached hydrogens (tertiary/aromatic N) is 1. The van der Waals surface area contributed by atoms with Gasteiger partial charge in [0.05, 0.1) is 11.6 Å². The summed E-state index contributed by atoms with van der Waals surface area (Å²) in [6.07, 6.45) is 0. The van der Waals surface area contributed by atoms with Crippen LogP contribution >= 0.6 is 11.3 Å². The second-order valence-electron chi connectivity index (χ2n) is 4.31. The van der Waals surface area contributed by atoms with Gasteiger partial charge in [-0.15, -0.1) is 11.3 Å². The number of anilines is 1. The van der Waals surface area contributed by atoms with Gasteiger partial charge in [-0.25, -0.2) is 14.2 Å². The zero-order chi connectivity index (χ0) is 15.6. The van der Waals surface area contributed by atoms with Crippen molar-refractivity contribution in [1.82, 2.24) is 10.3 Å². The van der Waals surface area contributed by atoms with Crippen LogP contribution < -0.4 is 11.1 Å². The van der Waals surface area contributed by atoms with Crippen LogP contribution in [0.1, 0.15) is 38.8 Å². The van der Waals surface area contributed by atoms with E-state index in [9.17, 15) is 14.0 Å². The molecule has 1 aromatic carbocycles. The Kier molecular flexibility index (Phi) is 4.18. The lowest BCUT2D eigenvalue weighted by Crippen LogP contribution is -2.27. The van der Waals surface area contributed by atoms with Crippen molar-refractivity contribution < 1.29 is 19.1 Å². The molecule has 110 valence electrons. The SMILES string of the molecule is CC(NC(=O)c1ccc(N)cc1F)c1nc(C(=O)O)cs1. The lowest BCUT2D eigenvalue weighted by atomic mass is 10.1. The number of nitrogen functional groups attached to an aromatic ring is 1. The number of thiazole rings is 1. The quantitative estimate of drug-likeness (QED) is 0.750. The van der Waals surface area contributed by atoms with Gasteiger partial charge in [-0.2, -0.15) is 0 Å². The fraction of sp³-hybridized carbons (Fsp3) is 0.154. The van der Waals surface area contributed by atoms with Crippen LogP contribution in [0.2, 0.25) is 0 Å². The number of benzene rings is 1. The normalized spacial score (nSPS) is 11.9. The molecule has 0 aliphatic heterocycles. The maximum Gasteiger partial charge on any atom is 0.355 e. The second kappa shape index (κ2) is 5.88. The van der Waals surface area contributed by atoms with E-state index < -0.39 is 23.7 Å². The van der Waals surface area contributed by atoms with Gasteiger partial charge in [-0.05, 0) is 25.1 Å². The molecule has 0 saturated heterocycles. The van der Waals surface area contributed by atoms with Gasteiger partial charge in [0.2, 0.25) is 0 Å². The van der Waals surface area contributed by atoms with Gasteiger partial charge in [-0.1, -0.05) is 0 Å². The van der Waals surface area contributed by atoms with Crippen LogP contribution in [0.5, 0.6) is 0 Å². The van der Waals surface area contributed by atoms with E-state index in [1.807, 2.05) is 0 Å². The summed E-state index contributed by atoms with van der Waals surface area (Å²) in [5.74, 6) is -2.47. The highest BCUT2D eigenvalue weighted by Crippen LogP contribution is 2.19. The molecule has 0 spiro atoms. The average molecular weight is 309 g/mol. The first kappa shape index (κ1) is 14.9. The fourth-order valence-electron chi connectivity index (χ4n) is 1.64. The number of rotatable bonds is 4. The van der Waals surface area contributed by atoms with Crippen molar-refractivity contribution in [2.24, 2.45) is 0 Å². The van der Waals surface area contributed by atoms with Crippen molar-refractivity contribution in [2.75, 3.05) is 5.73 Å². The smallest absolute Gasteiger partial charge is 0.355 e. The molecule has 21 heavy (non-hydrogen) atoms. The highest BCUT2D eigenvalue weighted by molar-refractivity contribution is 7.09. The number of amides is 1. The van der Waals surface area contributed by atoms with Gasteiger partial charge >= 0.3 is 5.97 Å². The largest absolute Gasteiger partial charge is 0.476 e. The van der Waals surface area contributed by atoms with E-state index in [4.69, 9.17) is 10.8 Å². The van der Waals surface area contributed by atoms with Crippen molar-refractivity contribution in [3.8, 4) is 0 Å². The first-order valence-electron chi connectivity index (χ1n) is 5.93. The third-order valence-corrected chi connectivity index (χ3v) is 3.72. The Morgan fingerprint density at radius 2 is 2.19 bits per heavy atom. The van der Waals surface area contributed by atoms with Crippen molar-refractivity contribution in [1.29, 1.82) is 0 Å². The van der Waals surface area contributed by atoms with Crippen molar-refractivity contribution in [3.63, 3.8) is 0 Å². The van der Waals surface area contributed by atoms with E-state index in [0.29, 0.717) is 5.01 Å². The Hall–Kier alpha value is -2.48. The molecule has 0 aliphatic carbocycles. The molecular formula is C13H12FN3O3S. The monoisotopic (exact) mass is 309 g/mol. The maximum absolute atomic E-state index is 13.6. The predicted molar refractivity (Wildman–Crippen MR) is 75.8 cm³/mol. The van der Waals surface area contributed by atoms with Gasteiger partial charge in [0.15, 0.2) is 5.69 Å². The van der Waals surface area contributed by atoms with Gasteiger partial charge in [0.1, 0.15) is 10.8 Å². The van der Waals surface area contributed by atoms with E-state index >= 15 is 0 Å².